The van der Waals surface area contributed by atoms with Gasteiger partial charge in [0.15, 0.2) is 0 Å². The maximum Gasteiger partial charge on any atom is 0.332 e. The lowest BCUT2D eigenvalue weighted by atomic mass is 9.99. The fourth-order valence-corrected chi connectivity index (χ4v) is 5.07. The van der Waals surface area contributed by atoms with Crippen LogP contribution in [0.5, 0.6) is 0 Å². The topological polar surface area (TPSA) is 75.3 Å². The second kappa shape index (κ2) is 7.20. The van der Waals surface area contributed by atoms with E-state index in [2.05, 4.69) is 22.7 Å². The van der Waals surface area contributed by atoms with E-state index in [4.69, 9.17) is 0 Å². The Balaban J connectivity index is 1.75. The summed E-state index contributed by atoms with van der Waals surface area (Å²) in [6.07, 6.45) is 7.61. The number of hydrogen-bond acceptors (Lipinski definition) is 3. The van der Waals surface area contributed by atoms with Gasteiger partial charge < -0.3 is 5.32 Å². The van der Waals surface area contributed by atoms with Crippen LogP contribution in [0.1, 0.15) is 54.9 Å². The predicted octanol–water partition coefficient (Wildman–Crippen LogP) is 3.47. The highest BCUT2D eigenvalue weighted by Gasteiger charge is 2.26. The van der Waals surface area contributed by atoms with Crippen LogP contribution in [0.3, 0.4) is 0 Å². The fourth-order valence-electron chi connectivity index (χ4n) is 3.98. The van der Waals surface area contributed by atoms with E-state index >= 15 is 0 Å². The van der Waals surface area contributed by atoms with Crippen molar-refractivity contribution in [3.63, 3.8) is 0 Å². The number of aryl methyl sites for hydroxylation is 2. The molecule has 2 amide bonds. The average molecular weight is 362 g/mol. The summed E-state index contributed by atoms with van der Waals surface area (Å²) < 4.78 is 26.4. The Morgan fingerprint density at radius 1 is 1.12 bits per heavy atom. The third-order valence-electron chi connectivity index (χ3n) is 4.96. The molecule has 0 radical (unpaired) electrons. The van der Waals surface area contributed by atoms with Gasteiger partial charge in [-0.2, -0.15) is 0 Å². The van der Waals surface area contributed by atoms with Gasteiger partial charge >= 0.3 is 6.03 Å². The first kappa shape index (κ1) is 18.0. The molecule has 2 aliphatic rings. The third-order valence-corrected chi connectivity index (χ3v) is 6.24. The van der Waals surface area contributed by atoms with E-state index in [1.807, 2.05) is 6.92 Å². The number of urea groups is 1. The first-order valence-corrected chi connectivity index (χ1v) is 10.7. The van der Waals surface area contributed by atoms with E-state index in [1.54, 1.807) is 0 Å². The molecule has 0 saturated heterocycles. The van der Waals surface area contributed by atoms with Crippen molar-refractivity contribution in [2.75, 3.05) is 11.1 Å². The first-order valence-electron chi connectivity index (χ1n) is 9.04. The van der Waals surface area contributed by atoms with E-state index in [1.165, 1.54) is 22.3 Å². The Kier molecular flexibility index (Phi) is 5.18. The molecule has 136 valence electrons. The number of rotatable bonds is 6. The summed E-state index contributed by atoms with van der Waals surface area (Å²) in [5.41, 5.74) is 6.43. The highest BCUT2D eigenvalue weighted by Crippen LogP contribution is 2.38. The third kappa shape index (κ3) is 4.06. The second-order valence-corrected chi connectivity index (χ2v) is 8.77. The van der Waals surface area contributed by atoms with E-state index in [-0.39, 0.29) is 5.75 Å². The van der Waals surface area contributed by atoms with Crippen LogP contribution in [0, 0.1) is 0 Å². The number of anilines is 1. The summed E-state index contributed by atoms with van der Waals surface area (Å²) in [5.74, 6) is -0.209. The summed E-state index contributed by atoms with van der Waals surface area (Å²) in [7, 11) is -3.71. The van der Waals surface area contributed by atoms with Crippen LogP contribution >= 0.6 is 0 Å². The van der Waals surface area contributed by atoms with Crippen LogP contribution in [-0.2, 0) is 35.7 Å². The molecule has 0 fully saturated rings. The molecule has 1 aromatic rings. The molecule has 0 spiro atoms. The molecule has 0 aromatic heterocycles. The minimum absolute atomic E-state index is 0.209. The van der Waals surface area contributed by atoms with Gasteiger partial charge in [0.1, 0.15) is 0 Å². The summed E-state index contributed by atoms with van der Waals surface area (Å²) in [6, 6.07) is 1.61. The summed E-state index contributed by atoms with van der Waals surface area (Å²) >= 11 is 0. The quantitative estimate of drug-likeness (QED) is 0.761. The molecule has 0 saturated carbocycles. The molecule has 2 aliphatic carbocycles. The minimum atomic E-state index is -3.71. The number of carbonyl (C=O) groups is 1. The van der Waals surface area contributed by atoms with E-state index in [0.29, 0.717) is 12.0 Å². The Bertz CT molecular complexity index is 780. The molecular formula is C19H26N2O3S. The van der Waals surface area contributed by atoms with Gasteiger partial charge in [-0.1, -0.05) is 31.6 Å². The van der Waals surface area contributed by atoms with Crippen molar-refractivity contribution in [1.29, 1.82) is 0 Å². The van der Waals surface area contributed by atoms with Crippen LogP contribution in [-0.4, -0.2) is 20.2 Å². The van der Waals surface area contributed by atoms with Crippen LogP contribution in [0.25, 0.3) is 0 Å². The van der Waals surface area contributed by atoms with Crippen molar-refractivity contribution in [2.24, 2.45) is 0 Å². The molecule has 0 atom stereocenters. The molecule has 3 rings (SSSR count). The zero-order chi connectivity index (χ0) is 18.0. The van der Waals surface area contributed by atoms with Crippen LogP contribution in [0.15, 0.2) is 18.2 Å². The number of benzene rings is 1. The van der Waals surface area contributed by atoms with Crippen molar-refractivity contribution < 1.29 is 13.2 Å². The molecule has 0 bridgehead atoms. The standard InChI is InChI=1S/C19H26N2O3S/c1-3-6-13(2)12-25(23,24)21-19(22)20-18-16-9-4-7-14(16)11-15-8-5-10-17(15)18/h11H,2-10,12H2,1H3,(H2,20,21,22). The SMILES string of the molecule is C=C(CCC)CS(=O)(=O)NC(=O)Nc1c2c(cc3c1CCC3)CCC2. The smallest absolute Gasteiger partial charge is 0.307 e. The Labute approximate surface area is 149 Å². The molecule has 6 heteroatoms. The minimum Gasteiger partial charge on any atom is -0.307 e. The summed E-state index contributed by atoms with van der Waals surface area (Å²) in [4.78, 5) is 12.3. The van der Waals surface area contributed by atoms with Crippen molar-refractivity contribution >= 4 is 21.7 Å². The van der Waals surface area contributed by atoms with E-state index in [0.717, 1.165) is 50.6 Å². The predicted molar refractivity (Wildman–Crippen MR) is 100 cm³/mol. The average Bonchev–Trinajstić information content (AvgIpc) is 3.14. The van der Waals surface area contributed by atoms with Crippen LogP contribution < -0.4 is 10.0 Å². The number of hydrogen-bond donors (Lipinski definition) is 2. The van der Waals surface area contributed by atoms with Gasteiger partial charge in [-0.3, -0.25) is 0 Å². The van der Waals surface area contributed by atoms with Gasteiger partial charge in [0.05, 0.1) is 5.75 Å². The molecule has 25 heavy (non-hydrogen) atoms. The lowest BCUT2D eigenvalue weighted by Crippen LogP contribution is -2.36. The number of sulfonamides is 1. The summed E-state index contributed by atoms with van der Waals surface area (Å²) in [5, 5.41) is 2.85. The van der Waals surface area contributed by atoms with Gasteiger partial charge in [0, 0.05) is 5.69 Å². The second-order valence-electron chi connectivity index (χ2n) is 7.05. The molecular weight excluding hydrogens is 336 g/mol. The molecule has 0 heterocycles. The van der Waals surface area contributed by atoms with Crippen molar-refractivity contribution in [1.82, 2.24) is 4.72 Å². The maximum atomic E-state index is 12.3. The Morgan fingerprint density at radius 3 is 2.28 bits per heavy atom. The van der Waals surface area contributed by atoms with Crippen molar-refractivity contribution in [2.45, 2.75) is 58.3 Å². The molecule has 5 nitrogen and oxygen atoms in total. The zero-order valence-electron chi connectivity index (χ0n) is 14.8. The van der Waals surface area contributed by atoms with Gasteiger partial charge in [-0.15, -0.1) is 0 Å². The van der Waals surface area contributed by atoms with Gasteiger partial charge in [0.25, 0.3) is 0 Å². The van der Waals surface area contributed by atoms with Crippen molar-refractivity contribution in [3.05, 3.63) is 40.5 Å². The Morgan fingerprint density at radius 2 is 1.72 bits per heavy atom. The normalized spacial score (nSPS) is 15.6. The lowest BCUT2D eigenvalue weighted by Gasteiger charge is -2.16. The molecule has 1 aromatic carbocycles. The maximum absolute atomic E-state index is 12.3. The summed E-state index contributed by atoms with van der Waals surface area (Å²) in [6.45, 7) is 5.73. The van der Waals surface area contributed by atoms with E-state index < -0.39 is 16.1 Å². The largest absolute Gasteiger partial charge is 0.332 e. The monoisotopic (exact) mass is 362 g/mol. The van der Waals surface area contributed by atoms with Gasteiger partial charge in [-0.25, -0.2) is 17.9 Å². The van der Waals surface area contributed by atoms with Crippen LogP contribution in [0.2, 0.25) is 0 Å². The highest BCUT2D eigenvalue weighted by molar-refractivity contribution is 7.90. The van der Waals surface area contributed by atoms with Gasteiger partial charge in [-0.05, 0) is 67.2 Å². The first-order chi connectivity index (χ1) is 11.9. The number of fused-ring (bicyclic) bond motifs is 2. The molecule has 0 aliphatic heterocycles. The highest BCUT2D eigenvalue weighted by atomic mass is 32.2. The number of carbonyl (C=O) groups excluding carboxylic acids is 1. The lowest BCUT2D eigenvalue weighted by molar-refractivity contribution is 0.256. The number of amides is 2. The van der Waals surface area contributed by atoms with Gasteiger partial charge in [0.2, 0.25) is 10.0 Å². The molecule has 0 unspecified atom stereocenters. The fraction of sp³-hybridized carbons (Fsp3) is 0.526. The van der Waals surface area contributed by atoms with E-state index in [9.17, 15) is 13.2 Å². The van der Waals surface area contributed by atoms with Crippen molar-refractivity contribution in [3.8, 4) is 0 Å². The molecule has 2 N–H and O–H groups in total. The zero-order valence-corrected chi connectivity index (χ0v) is 15.6. The van der Waals surface area contributed by atoms with Crippen LogP contribution in [0.4, 0.5) is 10.5 Å². The number of nitrogens with one attached hydrogen (secondary N) is 2. The Hall–Kier alpha value is -1.82.